The van der Waals surface area contributed by atoms with Crippen LogP contribution in [0.15, 0.2) is 146 Å². The molecule has 0 unspecified atom stereocenters. The van der Waals surface area contributed by atoms with E-state index in [1.807, 2.05) is 11.3 Å². The number of aromatic nitrogens is 3. The Morgan fingerprint density at radius 2 is 1.00 bits per heavy atom. The first-order valence-corrected chi connectivity index (χ1v) is 29.6. The third-order valence-electron chi connectivity index (χ3n) is 18.1. The molecule has 0 radical (unpaired) electrons. The van der Waals surface area contributed by atoms with Crippen molar-refractivity contribution >= 4 is 100 Å². The van der Waals surface area contributed by atoms with E-state index < -0.39 is 0 Å². The van der Waals surface area contributed by atoms with Gasteiger partial charge in [-0.15, -0.1) is 11.3 Å². The van der Waals surface area contributed by atoms with Crippen molar-refractivity contribution in [3.63, 3.8) is 0 Å². The largest absolute Gasteiger partial charge is 0.295 e. The highest BCUT2D eigenvalue weighted by atomic mass is 32.1. The molecule has 10 aromatic rings. The minimum absolute atomic E-state index is 0.0130. The third kappa shape index (κ3) is 8.13. The van der Waals surface area contributed by atoms with Gasteiger partial charge in [-0.1, -0.05) is 208 Å². The van der Waals surface area contributed by atoms with Crippen molar-refractivity contribution < 1.29 is 0 Å². The molecule has 0 amide bonds. The topological polar surface area (TPSA) is 37.2 Å². The molecule has 7 aromatic carbocycles. The number of nitrogens with zero attached hydrogens (tertiary/aromatic N) is 5. The van der Waals surface area contributed by atoms with Crippen LogP contribution in [0.5, 0.6) is 0 Å². The Morgan fingerprint density at radius 1 is 0.481 bits per heavy atom. The summed E-state index contributed by atoms with van der Waals surface area (Å²) >= 11 is 1.96. The summed E-state index contributed by atoms with van der Waals surface area (Å²) in [7, 11) is 0. The minimum Gasteiger partial charge on any atom is -0.295 e. The van der Waals surface area contributed by atoms with Gasteiger partial charge in [-0.3, -0.25) is 14.4 Å². The first-order chi connectivity index (χ1) is 37.2. The van der Waals surface area contributed by atoms with Gasteiger partial charge in [-0.2, -0.15) is 9.97 Å². The first kappa shape index (κ1) is 51.5. The second kappa shape index (κ2) is 17.3. The van der Waals surface area contributed by atoms with Crippen LogP contribution in [0, 0.1) is 0 Å². The smallest absolute Gasteiger partial charge is 0.268 e. The molecule has 0 atom stereocenters. The standard InChI is InChI=1S/C72H76BN5S/c1-67(2,3)44-27-25-43(26-28-44)52-39-45(68(4,5)6)30-35-58(52)77-59-36-31-46(69(7,8)9)40-55(59)73-61-64(74-66(75-65(61)77)78-56-23-19-17-21-49(56)50-22-18-20-24-57(50)78)76(48-32-34-53-54(42-48)72(15,16)38-37-71(53,13)14)62-51-33-29-47(70(10,11)12)41-60(51)79-63(62)73/h17-36,39-42H,37-38H2,1-16H3. The molecule has 0 fully saturated rings. The highest BCUT2D eigenvalue weighted by Gasteiger charge is 2.49. The van der Waals surface area contributed by atoms with Crippen LogP contribution in [0.25, 0.3) is 49.0 Å². The molecule has 13 rings (SSSR count). The van der Waals surface area contributed by atoms with Gasteiger partial charge in [0.1, 0.15) is 11.6 Å². The van der Waals surface area contributed by atoms with Crippen molar-refractivity contribution in [2.45, 2.75) is 156 Å². The number of thiophene rings is 1. The Bertz CT molecular complexity index is 4090. The monoisotopic (exact) mass is 1050 g/mol. The summed E-state index contributed by atoms with van der Waals surface area (Å²) in [5.74, 6) is 2.47. The lowest BCUT2D eigenvalue weighted by Crippen LogP contribution is -2.61. The Labute approximate surface area is 473 Å². The zero-order valence-electron chi connectivity index (χ0n) is 49.5. The van der Waals surface area contributed by atoms with Crippen LogP contribution in [0.3, 0.4) is 0 Å². The quantitative estimate of drug-likeness (QED) is 0.165. The number of rotatable bonds is 4. The maximum atomic E-state index is 6.11. The van der Waals surface area contributed by atoms with E-state index in [9.17, 15) is 0 Å². The van der Waals surface area contributed by atoms with E-state index in [1.54, 1.807) is 0 Å². The maximum Gasteiger partial charge on any atom is 0.268 e. The van der Waals surface area contributed by atoms with Gasteiger partial charge in [0.05, 0.1) is 22.4 Å². The predicted octanol–water partition coefficient (Wildman–Crippen LogP) is 18.1. The van der Waals surface area contributed by atoms with E-state index in [2.05, 4.69) is 271 Å². The second-order valence-electron chi connectivity index (χ2n) is 28.7. The van der Waals surface area contributed by atoms with Crippen molar-refractivity contribution in [3.8, 4) is 17.1 Å². The van der Waals surface area contributed by atoms with Crippen molar-refractivity contribution in [3.05, 3.63) is 179 Å². The number of para-hydroxylation sites is 2. The molecule has 5 nitrogen and oxygen atoms in total. The summed E-state index contributed by atoms with van der Waals surface area (Å²) in [6.07, 6.45) is 2.28. The van der Waals surface area contributed by atoms with Crippen LogP contribution in [-0.2, 0) is 32.5 Å². The zero-order valence-corrected chi connectivity index (χ0v) is 50.3. The van der Waals surface area contributed by atoms with Crippen LogP contribution < -0.4 is 25.5 Å². The number of fused-ring (bicyclic) bond motifs is 10. The van der Waals surface area contributed by atoms with Gasteiger partial charge in [0.2, 0.25) is 5.95 Å². The van der Waals surface area contributed by atoms with Gasteiger partial charge >= 0.3 is 0 Å². The lowest BCUT2D eigenvalue weighted by atomic mass is 9.36. The molecule has 1 aliphatic carbocycles. The molecule has 0 spiro atoms. The molecular formula is C72H76BN5S. The third-order valence-corrected chi connectivity index (χ3v) is 19.3. The lowest BCUT2D eigenvalue weighted by Gasteiger charge is -2.44. The van der Waals surface area contributed by atoms with Crippen LogP contribution in [0.2, 0.25) is 0 Å². The second-order valence-corrected chi connectivity index (χ2v) is 29.7. The molecular weight excluding hydrogens is 978 g/mol. The summed E-state index contributed by atoms with van der Waals surface area (Å²) in [4.78, 5) is 17.3. The molecule has 3 aromatic heterocycles. The van der Waals surface area contributed by atoms with Gasteiger partial charge < -0.3 is 0 Å². The summed E-state index contributed by atoms with van der Waals surface area (Å²) in [6, 6.07) is 56.1. The van der Waals surface area contributed by atoms with Crippen LogP contribution >= 0.6 is 11.3 Å². The van der Waals surface area contributed by atoms with Gasteiger partial charge in [0.15, 0.2) is 0 Å². The van der Waals surface area contributed by atoms with Gasteiger partial charge in [-0.25, -0.2) is 0 Å². The molecule has 79 heavy (non-hydrogen) atoms. The fraction of sp³-hybridized carbons (Fsp3) is 0.333. The minimum atomic E-state index is -0.163. The van der Waals surface area contributed by atoms with Crippen molar-refractivity contribution in [2.75, 3.05) is 9.80 Å². The SMILES string of the molecule is CC(C)(C)c1ccc(-c2cc(C(C)(C)C)ccc2N2c3ccc(C(C)(C)C)cc3B3c4sc5cc(C(C)(C)C)ccc5c4N(c4ccc5c(c4)C(C)(C)CCC5(C)C)c4nc(-n5c6ccccc6c6ccccc65)nc2c43)cc1. The van der Waals surface area contributed by atoms with Gasteiger partial charge in [-0.05, 0) is 138 Å². The van der Waals surface area contributed by atoms with Gasteiger partial charge in [0.25, 0.3) is 6.71 Å². The molecule has 2 aliphatic heterocycles. The molecule has 0 N–H and O–H groups in total. The summed E-state index contributed by atoms with van der Waals surface area (Å²) in [6.45, 7) is 37.5. The van der Waals surface area contributed by atoms with Crippen LogP contribution in [0.1, 0.15) is 157 Å². The van der Waals surface area contributed by atoms with E-state index in [1.165, 1.54) is 81.3 Å². The Morgan fingerprint density at radius 3 is 1.61 bits per heavy atom. The van der Waals surface area contributed by atoms with E-state index in [0.717, 1.165) is 58.0 Å². The molecule has 0 saturated heterocycles. The average molecular weight is 1050 g/mol. The number of benzene rings is 7. The van der Waals surface area contributed by atoms with E-state index in [4.69, 9.17) is 9.97 Å². The molecule has 0 saturated carbocycles. The van der Waals surface area contributed by atoms with E-state index >= 15 is 0 Å². The lowest BCUT2D eigenvalue weighted by molar-refractivity contribution is 0.332. The van der Waals surface area contributed by atoms with Gasteiger partial charge in [0, 0.05) is 48.0 Å². The Balaban J connectivity index is 1.21. The van der Waals surface area contributed by atoms with Crippen molar-refractivity contribution in [1.29, 1.82) is 0 Å². The summed E-state index contributed by atoms with van der Waals surface area (Å²) in [5, 5.41) is 3.61. The number of hydrogen-bond acceptors (Lipinski definition) is 5. The fourth-order valence-electron chi connectivity index (χ4n) is 13.2. The molecule has 398 valence electrons. The highest BCUT2D eigenvalue weighted by Crippen LogP contribution is 2.53. The van der Waals surface area contributed by atoms with E-state index in [-0.39, 0.29) is 39.2 Å². The Kier molecular flexibility index (Phi) is 11.3. The van der Waals surface area contributed by atoms with Crippen LogP contribution in [0.4, 0.5) is 34.4 Å². The maximum absolute atomic E-state index is 6.11. The average Bonchev–Trinajstić information content (AvgIpc) is 4.21. The normalized spacial score (nSPS) is 15.9. The van der Waals surface area contributed by atoms with Crippen molar-refractivity contribution in [1.82, 2.24) is 14.5 Å². The highest BCUT2D eigenvalue weighted by molar-refractivity contribution is 7.33. The molecule has 7 heteroatoms. The summed E-state index contributed by atoms with van der Waals surface area (Å²) < 4.78 is 4.95. The fourth-order valence-corrected chi connectivity index (χ4v) is 14.5. The molecule has 5 heterocycles. The van der Waals surface area contributed by atoms with Crippen molar-refractivity contribution in [2.24, 2.45) is 0 Å². The Hall–Kier alpha value is -6.96. The number of hydrogen-bond donors (Lipinski definition) is 0. The zero-order chi connectivity index (χ0) is 55.7. The number of anilines is 6. The predicted molar refractivity (Wildman–Crippen MR) is 341 cm³/mol. The summed E-state index contributed by atoms with van der Waals surface area (Å²) in [5.41, 5.74) is 19.4. The molecule has 3 aliphatic rings. The van der Waals surface area contributed by atoms with E-state index in [0.29, 0.717) is 5.95 Å². The molecule has 0 bridgehead atoms. The van der Waals surface area contributed by atoms with Crippen LogP contribution in [-0.4, -0.2) is 21.2 Å². The first-order valence-electron chi connectivity index (χ1n) is 28.8.